The lowest BCUT2D eigenvalue weighted by molar-refractivity contribution is 0.414. The Kier molecular flexibility index (Phi) is 3.86. The normalized spacial score (nSPS) is 13.9. The van der Waals surface area contributed by atoms with Crippen molar-refractivity contribution in [2.75, 3.05) is 7.11 Å². The molecule has 0 bridgehead atoms. The molecule has 2 N–H and O–H groups in total. The minimum absolute atomic E-state index is 0.269. The van der Waals surface area contributed by atoms with Crippen molar-refractivity contribution in [2.24, 2.45) is 5.73 Å². The van der Waals surface area contributed by atoms with Crippen LogP contribution in [0.25, 0.3) is 0 Å². The van der Waals surface area contributed by atoms with Gasteiger partial charge in [-0.1, -0.05) is 31.2 Å². The summed E-state index contributed by atoms with van der Waals surface area (Å²) in [4.78, 5) is 0. The maximum atomic E-state index is 13.4. The van der Waals surface area contributed by atoms with E-state index in [1.54, 1.807) is 13.2 Å². The van der Waals surface area contributed by atoms with Gasteiger partial charge in [-0.25, -0.2) is 4.39 Å². The van der Waals surface area contributed by atoms with Gasteiger partial charge in [0.2, 0.25) is 0 Å². The van der Waals surface area contributed by atoms with Gasteiger partial charge in [-0.15, -0.1) is 0 Å². The Labute approximate surface area is 113 Å². The minimum atomic E-state index is -0.686. The lowest BCUT2D eigenvalue weighted by Crippen LogP contribution is -2.37. The van der Waals surface area contributed by atoms with Crippen molar-refractivity contribution in [3.05, 3.63) is 65.5 Å². The largest absolute Gasteiger partial charge is 0.497 e. The highest BCUT2D eigenvalue weighted by Gasteiger charge is 2.27. The molecule has 1 unspecified atom stereocenters. The molecule has 0 spiro atoms. The van der Waals surface area contributed by atoms with Crippen molar-refractivity contribution in [3.63, 3.8) is 0 Å². The lowest BCUT2D eigenvalue weighted by atomic mass is 9.81. The molecule has 0 aromatic heterocycles. The number of rotatable bonds is 4. The number of benzene rings is 2. The highest BCUT2D eigenvalue weighted by atomic mass is 19.1. The molecule has 0 fully saturated rings. The summed E-state index contributed by atoms with van der Waals surface area (Å²) < 4.78 is 18.5. The van der Waals surface area contributed by atoms with E-state index in [4.69, 9.17) is 10.5 Å². The molecule has 0 aliphatic heterocycles. The Morgan fingerprint density at radius 1 is 1.11 bits per heavy atom. The maximum absolute atomic E-state index is 13.4. The molecule has 3 heteroatoms. The minimum Gasteiger partial charge on any atom is -0.497 e. The van der Waals surface area contributed by atoms with Crippen molar-refractivity contribution in [1.82, 2.24) is 0 Å². The Morgan fingerprint density at radius 3 is 2.32 bits per heavy atom. The van der Waals surface area contributed by atoms with E-state index in [1.165, 1.54) is 12.1 Å². The molecular weight excluding hydrogens is 241 g/mol. The summed E-state index contributed by atoms with van der Waals surface area (Å²) in [6.45, 7) is 2.00. The van der Waals surface area contributed by atoms with Crippen LogP contribution in [-0.2, 0) is 5.54 Å². The molecule has 0 saturated carbocycles. The van der Waals surface area contributed by atoms with Gasteiger partial charge in [0.05, 0.1) is 12.6 Å². The third-order valence-corrected chi connectivity index (χ3v) is 3.50. The number of methoxy groups -OCH3 is 1. The van der Waals surface area contributed by atoms with Crippen molar-refractivity contribution >= 4 is 0 Å². The molecule has 0 heterocycles. The molecule has 0 amide bonds. The monoisotopic (exact) mass is 259 g/mol. The van der Waals surface area contributed by atoms with Crippen LogP contribution >= 0.6 is 0 Å². The fourth-order valence-electron chi connectivity index (χ4n) is 2.23. The highest BCUT2D eigenvalue weighted by molar-refractivity contribution is 5.40. The average molecular weight is 259 g/mol. The summed E-state index contributed by atoms with van der Waals surface area (Å²) in [6, 6.07) is 14.0. The van der Waals surface area contributed by atoms with Crippen LogP contribution < -0.4 is 10.5 Å². The molecule has 0 radical (unpaired) electrons. The van der Waals surface area contributed by atoms with Crippen LogP contribution in [-0.4, -0.2) is 7.11 Å². The van der Waals surface area contributed by atoms with Gasteiger partial charge in [0, 0.05) is 0 Å². The van der Waals surface area contributed by atoms with E-state index in [1.807, 2.05) is 37.3 Å². The second-order valence-corrected chi connectivity index (χ2v) is 4.56. The van der Waals surface area contributed by atoms with Gasteiger partial charge in [0.25, 0.3) is 0 Å². The van der Waals surface area contributed by atoms with Gasteiger partial charge in [0.15, 0.2) is 0 Å². The molecule has 2 aromatic carbocycles. The average Bonchev–Trinajstić information content (AvgIpc) is 2.46. The molecule has 2 aromatic rings. The molecule has 0 saturated heterocycles. The summed E-state index contributed by atoms with van der Waals surface area (Å²) in [5, 5.41) is 0. The van der Waals surface area contributed by atoms with Crippen molar-refractivity contribution < 1.29 is 9.13 Å². The quantitative estimate of drug-likeness (QED) is 0.912. The SMILES string of the molecule is CCC(N)(c1ccc(OC)cc1)c1cccc(F)c1. The topological polar surface area (TPSA) is 35.2 Å². The summed E-state index contributed by atoms with van der Waals surface area (Å²) in [6.07, 6.45) is 0.683. The first-order valence-electron chi connectivity index (χ1n) is 6.29. The van der Waals surface area contributed by atoms with E-state index in [2.05, 4.69) is 0 Å². The predicted octanol–water partition coefficient (Wildman–Crippen LogP) is 3.45. The van der Waals surface area contributed by atoms with Crippen LogP contribution in [0.4, 0.5) is 4.39 Å². The van der Waals surface area contributed by atoms with Gasteiger partial charge >= 0.3 is 0 Å². The van der Waals surface area contributed by atoms with E-state index < -0.39 is 5.54 Å². The fraction of sp³-hybridized carbons (Fsp3) is 0.250. The third-order valence-electron chi connectivity index (χ3n) is 3.50. The van der Waals surface area contributed by atoms with E-state index >= 15 is 0 Å². The number of ether oxygens (including phenoxy) is 1. The Balaban J connectivity index is 2.46. The summed E-state index contributed by atoms with van der Waals surface area (Å²) in [5.41, 5.74) is 7.53. The van der Waals surface area contributed by atoms with Crippen LogP contribution in [0.2, 0.25) is 0 Å². The van der Waals surface area contributed by atoms with Crippen LogP contribution in [0.1, 0.15) is 24.5 Å². The zero-order valence-electron chi connectivity index (χ0n) is 11.2. The zero-order chi connectivity index (χ0) is 13.9. The van der Waals surface area contributed by atoms with Crippen molar-refractivity contribution in [3.8, 4) is 5.75 Å². The van der Waals surface area contributed by atoms with Crippen LogP contribution in [0.5, 0.6) is 5.75 Å². The van der Waals surface area contributed by atoms with E-state index in [-0.39, 0.29) is 5.82 Å². The summed E-state index contributed by atoms with van der Waals surface area (Å²) in [7, 11) is 1.62. The second-order valence-electron chi connectivity index (χ2n) is 4.56. The first kappa shape index (κ1) is 13.6. The first-order valence-corrected chi connectivity index (χ1v) is 6.29. The molecular formula is C16H18FNO. The van der Waals surface area contributed by atoms with E-state index in [9.17, 15) is 4.39 Å². The van der Waals surface area contributed by atoms with E-state index in [0.717, 1.165) is 16.9 Å². The summed E-state index contributed by atoms with van der Waals surface area (Å²) in [5.74, 6) is 0.510. The molecule has 0 aliphatic carbocycles. The number of nitrogens with two attached hydrogens (primary N) is 1. The first-order chi connectivity index (χ1) is 9.10. The highest BCUT2D eigenvalue weighted by Crippen LogP contribution is 2.31. The third kappa shape index (κ3) is 2.61. The standard InChI is InChI=1S/C16H18FNO/c1-3-16(18,13-5-4-6-14(17)11-13)12-7-9-15(19-2)10-8-12/h4-11H,3,18H2,1-2H3. The van der Waals surface area contributed by atoms with Crippen LogP contribution in [0.3, 0.4) is 0 Å². The molecule has 2 rings (SSSR count). The lowest BCUT2D eigenvalue weighted by Gasteiger charge is -2.29. The molecule has 100 valence electrons. The number of hydrogen-bond acceptors (Lipinski definition) is 2. The number of hydrogen-bond donors (Lipinski definition) is 1. The van der Waals surface area contributed by atoms with Crippen molar-refractivity contribution in [2.45, 2.75) is 18.9 Å². The van der Waals surface area contributed by atoms with Gasteiger partial charge in [0.1, 0.15) is 11.6 Å². The van der Waals surface area contributed by atoms with Gasteiger partial charge in [-0.05, 0) is 41.8 Å². The van der Waals surface area contributed by atoms with Crippen LogP contribution in [0, 0.1) is 5.82 Å². The zero-order valence-corrected chi connectivity index (χ0v) is 11.2. The summed E-state index contributed by atoms with van der Waals surface area (Å²) >= 11 is 0. The smallest absolute Gasteiger partial charge is 0.123 e. The molecule has 1 atom stereocenters. The second kappa shape index (κ2) is 5.41. The fourth-order valence-corrected chi connectivity index (χ4v) is 2.23. The van der Waals surface area contributed by atoms with E-state index in [0.29, 0.717) is 6.42 Å². The molecule has 0 aliphatic rings. The number of halogens is 1. The van der Waals surface area contributed by atoms with Gasteiger partial charge < -0.3 is 10.5 Å². The van der Waals surface area contributed by atoms with Crippen LogP contribution in [0.15, 0.2) is 48.5 Å². The Hall–Kier alpha value is -1.87. The Bertz CT molecular complexity index is 553. The van der Waals surface area contributed by atoms with Gasteiger partial charge in [-0.2, -0.15) is 0 Å². The molecule has 2 nitrogen and oxygen atoms in total. The molecule has 19 heavy (non-hydrogen) atoms. The maximum Gasteiger partial charge on any atom is 0.123 e. The predicted molar refractivity (Wildman–Crippen MR) is 74.7 cm³/mol. The van der Waals surface area contributed by atoms with Gasteiger partial charge in [-0.3, -0.25) is 0 Å². The Morgan fingerprint density at radius 2 is 1.79 bits per heavy atom. The van der Waals surface area contributed by atoms with Crippen molar-refractivity contribution in [1.29, 1.82) is 0 Å².